The number of primary sulfonamides is 1. The summed E-state index contributed by atoms with van der Waals surface area (Å²) in [6, 6.07) is 25.4. The first-order valence-electron chi connectivity index (χ1n) is 9.27. The van der Waals surface area contributed by atoms with Crippen LogP contribution in [-0.4, -0.2) is 36.6 Å². The maximum atomic E-state index is 10.6. The van der Waals surface area contributed by atoms with Crippen LogP contribution in [-0.2, 0) is 16.4 Å². The van der Waals surface area contributed by atoms with E-state index in [0.717, 1.165) is 6.42 Å². The van der Waals surface area contributed by atoms with E-state index in [-0.39, 0.29) is 4.90 Å². The second-order valence-corrected chi connectivity index (χ2v) is 8.72. The Kier molecular flexibility index (Phi) is 7.82. The summed E-state index contributed by atoms with van der Waals surface area (Å²) in [6.45, 7) is 0. The topological polar surface area (TPSA) is 66.6 Å². The molecule has 0 heterocycles. The number of rotatable bonds is 5. The van der Waals surface area contributed by atoms with Crippen molar-refractivity contribution in [3.63, 3.8) is 0 Å². The molecular formula is C23H29N3O2S. The summed E-state index contributed by atoms with van der Waals surface area (Å²) in [7, 11) is 4.76. The smallest absolute Gasteiger partial charge is 0.238 e. The van der Waals surface area contributed by atoms with E-state index >= 15 is 0 Å². The lowest BCUT2D eigenvalue weighted by atomic mass is 10.0. The predicted octanol–water partition coefficient (Wildman–Crippen LogP) is 3.74. The van der Waals surface area contributed by atoms with Crippen molar-refractivity contribution < 1.29 is 8.42 Å². The van der Waals surface area contributed by atoms with Gasteiger partial charge in [-0.15, -0.1) is 0 Å². The molecule has 0 saturated heterocycles. The normalized spacial score (nSPS) is 10.7. The van der Waals surface area contributed by atoms with Crippen LogP contribution in [0.2, 0.25) is 0 Å². The first-order valence-corrected chi connectivity index (χ1v) is 10.8. The lowest BCUT2D eigenvalue weighted by Crippen LogP contribution is -2.11. The van der Waals surface area contributed by atoms with Crippen LogP contribution in [0.1, 0.15) is 11.1 Å². The highest BCUT2D eigenvalue weighted by molar-refractivity contribution is 7.89. The van der Waals surface area contributed by atoms with Crippen molar-refractivity contribution in [2.45, 2.75) is 11.3 Å². The van der Waals surface area contributed by atoms with Crippen molar-refractivity contribution in [3.8, 4) is 0 Å². The Bertz CT molecular complexity index is 933. The molecule has 3 rings (SSSR count). The molecule has 0 unspecified atom stereocenters. The first kappa shape index (κ1) is 22.5. The summed E-state index contributed by atoms with van der Waals surface area (Å²) < 4.78 is 21.2. The third-order valence-electron chi connectivity index (χ3n) is 4.39. The fraction of sp³-hybridized carbons (Fsp3) is 0.217. The van der Waals surface area contributed by atoms with E-state index in [9.17, 15) is 8.42 Å². The minimum absolute atomic E-state index is 0.148. The molecule has 6 heteroatoms. The van der Waals surface area contributed by atoms with Gasteiger partial charge in [-0.1, -0.05) is 42.5 Å². The Morgan fingerprint density at radius 1 is 0.655 bits per heavy atom. The molecule has 3 aromatic carbocycles. The molecule has 3 aromatic rings. The molecule has 0 aliphatic carbocycles. The largest absolute Gasteiger partial charge is 0.378 e. The number of sulfonamides is 1. The van der Waals surface area contributed by atoms with Crippen LogP contribution in [0, 0.1) is 0 Å². The lowest BCUT2D eigenvalue weighted by molar-refractivity contribution is 0.598. The van der Waals surface area contributed by atoms with E-state index in [2.05, 4.69) is 86.5 Å². The molecule has 0 saturated carbocycles. The minimum atomic E-state index is -3.50. The number of benzene rings is 3. The third-order valence-corrected chi connectivity index (χ3v) is 5.31. The van der Waals surface area contributed by atoms with Gasteiger partial charge >= 0.3 is 0 Å². The van der Waals surface area contributed by atoms with Crippen molar-refractivity contribution in [2.24, 2.45) is 5.14 Å². The number of anilines is 2. The minimum Gasteiger partial charge on any atom is -0.378 e. The van der Waals surface area contributed by atoms with Crippen LogP contribution in [0.15, 0.2) is 83.8 Å². The van der Waals surface area contributed by atoms with Gasteiger partial charge < -0.3 is 9.80 Å². The van der Waals surface area contributed by atoms with E-state index in [1.54, 1.807) is 18.2 Å². The molecule has 0 amide bonds. The number of hydrogen-bond acceptors (Lipinski definition) is 4. The quantitative estimate of drug-likeness (QED) is 0.694. The summed E-state index contributed by atoms with van der Waals surface area (Å²) in [5.41, 5.74) is 5.19. The molecule has 0 atom stereocenters. The van der Waals surface area contributed by atoms with Crippen LogP contribution in [0.3, 0.4) is 0 Å². The molecule has 154 valence electrons. The summed E-state index contributed by atoms with van der Waals surface area (Å²) in [6.07, 6.45) is 0.988. The fourth-order valence-corrected chi connectivity index (χ4v) is 3.21. The highest BCUT2D eigenvalue weighted by atomic mass is 32.2. The van der Waals surface area contributed by atoms with Gasteiger partial charge in [-0.05, 0) is 53.9 Å². The SMILES string of the molecule is CN(C)c1ccc(Cc2ccc(N(C)C)cc2)cc1.NS(=O)(=O)c1ccccc1. The summed E-state index contributed by atoms with van der Waals surface area (Å²) in [5, 5.41) is 4.83. The van der Waals surface area contributed by atoms with Crippen LogP contribution in [0.25, 0.3) is 0 Å². The van der Waals surface area contributed by atoms with Crippen molar-refractivity contribution >= 4 is 21.4 Å². The zero-order chi connectivity index (χ0) is 21.4. The molecule has 0 aliphatic rings. The van der Waals surface area contributed by atoms with E-state index in [0.29, 0.717) is 0 Å². The molecule has 2 N–H and O–H groups in total. The molecule has 0 fully saturated rings. The molecule has 5 nitrogen and oxygen atoms in total. The summed E-state index contributed by atoms with van der Waals surface area (Å²) >= 11 is 0. The Balaban J connectivity index is 0.000000253. The van der Waals surface area contributed by atoms with Crippen molar-refractivity contribution in [2.75, 3.05) is 38.0 Å². The molecular weight excluding hydrogens is 382 g/mol. The monoisotopic (exact) mass is 411 g/mol. The first-order chi connectivity index (χ1) is 13.7. The van der Waals surface area contributed by atoms with Gasteiger partial charge in [0.15, 0.2) is 0 Å². The predicted molar refractivity (Wildman–Crippen MR) is 122 cm³/mol. The van der Waals surface area contributed by atoms with Gasteiger partial charge in [0.1, 0.15) is 0 Å². The van der Waals surface area contributed by atoms with Crippen LogP contribution in [0.5, 0.6) is 0 Å². The molecule has 0 radical (unpaired) electrons. The van der Waals surface area contributed by atoms with Crippen LogP contribution >= 0.6 is 0 Å². The van der Waals surface area contributed by atoms with E-state index in [1.165, 1.54) is 34.6 Å². The van der Waals surface area contributed by atoms with Crippen molar-refractivity contribution in [1.82, 2.24) is 0 Å². The van der Waals surface area contributed by atoms with Gasteiger partial charge in [-0.25, -0.2) is 13.6 Å². The molecule has 0 bridgehead atoms. The molecule has 0 spiro atoms. The standard InChI is InChI=1S/C17H22N2.C6H7NO2S/c1-18(2)16-9-5-14(6-10-16)13-15-7-11-17(12-8-15)19(3)4;7-10(8,9)6-4-2-1-3-5-6/h5-12H,13H2,1-4H3;1-5H,(H2,7,8,9). The average molecular weight is 412 g/mol. The second-order valence-electron chi connectivity index (χ2n) is 7.16. The van der Waals surface area contributed by atoms with Crippen LogP contribution in [0.4, 0.5) is 11.4 Å². The number of hydrogen-bond donors (Lipinski definition) is 1. The van der Waals surface area contributed by atoms with E-state index in [4.69, 9.17) is 5.14 Å². The van der Waals surface area contributed by atoms with Gasteiger partial charge in [0, 0.05) is 39.6 Å². The van der Waals surface area contributed by atoms with Gasteiger partial charge in [0.2, 0.25) is 10.0 Å². The molecule has 0 aromatic heterocycles. The second kappa shape index (κ2) is 10.1. The van der Waals surface area contributed by atoms with Crippen molar-refractivity contribution in [3.05, 3.63) is 90.0 Å². The fourth-order valence-electron chi connectivity index (χ4n) is 2.67. The Morgan fingerprint density at radius 2 is 1.03 bits per heavy atom. The number of nitrogens with two attached hydrogens (primary N) is 1. The highest BCUT2D eigenvalue weighted by Gasteiger charge is 2.03. The Hall–Kier alpha value is -2.83. The average Bonchev–Trinajstić information content (AvgIpc) is 2.69. The summed E-state index contributed by atoms with van der Waals surface area (Å²) in [4.78, 5) is 4.39. The van der Waals surface area contributed by atoms with Gasteiger partial charge in [-0.3, -0.25) is 0 Å². The highest BCUT2D eigenvalue weighted by Crippen LogP contribution is 2.17. The van der Waals surface area contributed by atoms with Gasteiger partial charge in [0.05, 0.1) is 4.90 Å². The van der Waals surface area contributed by atoms with Crippen molar-refractivity contribution in [1.29, 1.82) is 0 Å². The number of nitrogens with zero attached hydrogens (tertiary/aromatic N) is 2. The molecule has 0 aliphatic heterocycles. The van der Waals surface area contributed by atoms with Gasteiger partial charge in [0.25, 0.3) is 0 Å². The maximum Gasteiger partial charge on any atom is 0.238 e. The third kappa shape index (κ3) is 7.25. The lowest BCUT2D eigenvalue weighted by Gasteiger charge is -2.14. The summed E-state index contributed by atoms with van der Waals surface area (Å²) in [5.74, 6) is 0. The zero-order valence-corrected chi connectivity index (χ0v) is 18.2. The van der Waals surface area contributed by atoms with Crippen LogP contribution < -0.4 is 14.9 Å². The zero-order valence-electron chi connectivity index (χ0n) is 17.4. The maximum absolute atomic E-state index is 10.6. The molecule has 29 heavy (non-hydrogen) atoms. The van der Waals surface area contributed by atoms with E-state index in [1.807, 2.05) is 0 Å². The van der Waals surface area contributed by atoms with E-state index < -0.39 is 10.0 Å². The van der Waals surface area contributed by atoms with Gasteiger partial charge in [-0.2, -0.15) is 0 Å². The Labute approximate surface area is 174 Å². The Morgan fingerprint density at radius 3 is 1.31 bits per heavy atom.